The molecule has 38 heavy (non-hydrogen) atoms. The van der Waals surface area contributed by atoms with Gasteiger partial charge in [0.2, 0.25) is 21.8 Å². The molecular weight excluding hydrogens is 549 g/mol. The number of rotatable bonds is 15. The molecule has 0 fully saturated rings. The van der Waals surface area contributed by atoms with E-state index in [1.54, 1.807) is 29.2 Å². The van der Waals surface area contributed by atoms with Gasteiger partial charge in [0.05, 0.1) is 24.1 Å². The molecule has 11 heteroatoms. The zero-order valence-corrected chi connectivity index (χ0v) is 24.7. The molecule has 0 aromatic heterocycles. The lowest BCUT2D eigenvalue weighted by Gasteiger charge is -2.31. The van der Waals surface area contributed by atoms with E-state index in [9.17, 15) is 18.0 Å². The third kappa shape index (κ3) is 9.36. The number of hydrogen-bond donors (Lipinski definition) is 1. The van der Waals surface area contributed by atoms with E-state index in [4.69, 9.17) is 27.9 Å². The molecule has 2 rings (SSSR count). The van der Waals surface area contributed by atoms with Crippen LogP contribution in [0.1, 0.15) is 51.5 Å². The Bertz CT molecular complexity index is 1180. The molecule has 2 aromatic rings. The predicted molar refractivity (Wildman–Crippen MR) is 153 cm³/mol. The molecule has 210 valence electrons. The molecule has 0 heterocycles. The highest BCUT2D eigenvalue weighted by atomic mass is 35.5. The Balaban J connectivity index is 2.21. The fourth-order valence-corrected chi connectivity index (χ4v) is 5.36. The van der Waals surface area contributed by atoms with Crippen molar-refractivity contribution in [2.45, 2.75) is 58.5 Å². The Morgan fingerprint density at radius 2 is 1.74 bits per heavy atom. The van der Waals surface area contributed by atoms with Crippen molar-refractivity contribution in [3.05, 3.63) is 58.1 Å². The van der Waals surface area contributed by atoms with Gasteiger partial charge in [0.25, 0.3) is 0 Å². The molecule has 1 atom stereocenters. The summed E-state index contributed by atoms with van der Waals surface area (Å²) < 4.78 is 31.4. The number of anilines is 1. The second-order valence-electron chi connectivity index (χ2n) is 8.97. The van der Waals surface area contributed by atoms with Crippen LogP contribution >= 0.6 is 23.2 Å². The molecule has 0 spiro atoms. The molecule has 0 bridgehead atoms. The van der Waals surface area contributed by atoms with Crippen molar-refractivity contribution in [2.75, 3.05) is 30.8 Å². The number of benzene rings is 2. The summed E-state index contributed by atoms with van der Waals surface area (Å²) in [6.45, 7) is 4.76. The average Bonchev–Trinajstić information content (AvgIpc) is 2.87. The fraction of sp³-hybridized carbons (Fsp3) is 0.481. The summed E-state index contributed by atoms with van der Waals surface area (Å²) in [5.41, 5.74) is 1.22. The number of unbranched alkanes of at least 4 members (excludes halogenated alkanes) is 1. The van der Waals surface area contributed by atoms with Crippen LogP contribution in [0.5, 0.6) is 5.75 Å². The minimum absolute atomic E-state index is 0.0578. The summed E-state index contributed by atoms with van der Waals surface area (Å²) in [6.07, 6.45) is 3.65. The molecule has 0 aliphatic carbocycles. The van der Waals surface area contributed by atoms with Crippen LogP contribution in [0, 0.1) is 0 Å². The standard InChI is InChI=1S/C27H37Cl2N3O5S/c1-5-7-16-30-27(34)24(6-2)31(19-20-10-12-21(28)13-11-20)26(33)9-8-17-32(38(4,35)36)22-14-15-25(37-3)23(29)18-22/h10-15,18,24H,5-9,16-17,19H2,1-4H3,(H,30,34)/t24-/m1/s1. The lowest BCUT2D eigenvalue weighted by atomic mass is 10.1. The monoisotopic (exact) mass is 585 g/mol. The second kappa shape index (κ2) is 15.2. The van der Waals surface area contributed by atoms with Gasteiger partial charge in [-0.05, 0) is 55.2 Å². The number of hydrogen-bond acceptors (Lipinski definition) is 5. The number of methoxy groups -OCH3 is 1. The van der Waals surface area contributed by atoms with E-state index in [-0.39, 0.29) is 42.8 Å². The Morgan fingerprint density at radius 3 is 2.29 bits per heavy atom. The van der Waals surface area contributed by atoms with Crippen LogP contribution < -0.4 is 14.4 Å². The summed E-state index contributed by atoms with van der Waals surface area (Å²) >= 11 is 12.2. The number of nitrogens with one attached hydrogen (secondary N) is 1. The van der Waals surface area contributed by atoms with E-state index in [0.717, 1.165) is 24.7 Å². The number of amides is 2. The Hall–Kier alpha value is -2.49. The maximum Gasteiger partial charge on any atom is 0.242 e. The minimum atomic E-state index is -3.64. The molecule has 0 aliphatic heterocycles. The van der Waals surface area contributed by atoms with E-state index in [1.807, 2.05) is 26.0 Å². The molecule has 0 unspecified atom stereocenters. The fourth-order valence-electron chi connectivity index (χ4n) is 4.03. The zero-order chi connectivity index (χ0) is 28.3. The SMILES string of the molecule is CCCCNC(=O)[C@@H](CC)N(Cc1ccc(Cl)cc1)C(=O)CCCN(c1ccc(OC)c(Cl)c1)S(C)(=O)=O. The largest absolute Gasteiger partial charge is 0.495 e. The predicted octanol–water partition coefficient (Wildman–Crippen LogP) is 5.27. The molecule has 2 amide bonds. The minimum Gasteiger partial charge on any atom is -0.495 e. The summed E-state index contributed by atoms with van der Waals surface area (Å²) in [5.74, 6) is -0.00716. The van der Waals surface area contributed by atoms with Crippen molar-refractivity contribution in [3.63, 3.8) is 0 Å². The van der Waals surface area contributed by atoms with Crippen LogP contribution in [0.4, 0.5) is 5.69 Å². The Kier molecular flexibility index (Phi) is 12.7. The highest BCUT2D eigenvalue weighted by molar-refractivity contribution is 7.92. The highest BCUT2D eigenvalue weighted by Crippen LogP contribution is 2.30. The van der Waals surface area contributed by atoms with Gasteiger partial charge < -0.3 is 15.0 Å². The Morgan fingerprint density at radius 1 is 1.05 bits per heavy atom. The quantitative estimate of drug-likeness (QED) is 0.287. The molecule has 1 N–H and O–H groups in total. The number of carbonyl (C=O) groups excluding carboxylic acids is 2. The lowest BCUT2D eigenvalue weighted by Crippen LogP contribution is -2.49. The van der Waals surface area contributed by atoms with Crippen LogP contribution in [0.2, 0.25) is 10.0 Å². The first-order chi connectivity index (χ1) is 18.0. The van der Waals surface area contributed by atoms with Gasteiger partial charge >= 0.3 is 0 Å². The van der Waals surface area contributed by atoms with Gasteiger partial charge in [0.15, 0.2) is 0 Å². The smallest absolute Gasteiger partial charge is 0.242 e. The van der Waals surface area contributed by atoms with Crippen molar-refractivity contribution >= 4 is 50.7 Å². The van der Waals surface area contributed by atoms with Crippen molar-refractivity contribution in [1.82, 2.24) is 10.2 Å². The third-order valence-corrected chi connectivity index (χ3v) is 7.80. The number of carbonyl (C=O) groups is 2. The van der Waals surface area contributed by atoms with Crippen LogP contribution in [0.25, 0.3) is 0 Å². The van der Waals surface area contributed by atoms with Crippen LogP contribution in [-0.2, 0) is 26.2 Å². The van der Waals surface area contributed by atoms with E-state index in [1.165, 1.54) is 17.5 Å². The number of nitrogens with zero attached hydrogens (tertiary/aromatic N) is 2. The van der Waals surface area contributed by atoms with E-state index in [2.05, 4.69) is 5.32 Å². The maximum atomic E-state index is 13.5. The van der Waals surface area contributed by atoms with Crippen molar-refractivity contribution < 1.29 is 22.7 Å². The van der Waals surface area contributed by atoms with Gasteiger partial charge in [0.1, 0.15) is 11.8 Å². The Labute approximate surface area is 236 Å². The summed E-state index contributed by atoms with van der Waals surface area (Å²) in [4.78, 5) is 28.0. The molecule has 0 radical (unpaired) electrons. The van der Waals surface area contributed by atoms with Crippen molar-refractivity contribution in [3.8, 4) is 5.75 Å². The van der Waals surface area contributed by atoms with Crippen molar-refractivity contribution in [1.29, 1.82) is 0 Å². The number of ether oxygens (including phenoxy) is 1. The van der Waals surface area contributed by atoms with Gasteiger partial charge in [-0.2, -0.15) is 0 Å². The van der Waals surface area contributed by atoms with Crippen LogP contribution in [-0.4, -0.2) is 57.6 Å². The number of halogens is 2. The van der Waals surface area contributed by atoms with Gasteiger partial charge in [-0.3, -0.25) is 13.9 Å². The lowest BCUT2D eigenvalue weighted by molar-refractivity contribution is -0.141. The second-order valence-corrected chi connectivity index (χ2v) is 11.7. The van der Waals surface area contributed by atoms with E-state index < -0.39 is 16.1 Å². The zero-order valence-electron chi connectivity index (χ0n) is 22.4. The van der Waals surface area contributed by atoms with E-state index in [0.29, 0.717) is 29.4 Å². The normalized spacial score (nSPS) is 12.1. The van der Waals surface area contributed by atoms with Gasteiger partial charge in [0, 0.05) is 31.1 Å². The molecule has 0 aliphatic rings. The molecular formula is C27H37Cl2N3O5S. The molecule has 8 nitrogen and oxygen atoms in total. The van der Waals surface area contributed by atoms with E-state index >= 15 is 0 Å². The first-order valence-electron chi connectivity index (χ1n) is 12.6. The molecule has 0 saturated carbocycles. The molecule has 0 saturated heterocycles. The molecule has 2 aromatic carbocycles. The first kappa shape index (κ1) is 31.7. The highest BCUT2D eigenvalue weighted by Gasteiger charge is 2.28. The average molecular weight is 587 g/mol. The first-order valence-corrected chi connectivity index (χ1v) is 15.2. The number of sulfonamides is 1. The topological polar surface area (TPSA) is 96.0 Å². The summed E-state index contributed by atoms with van der Waals surface area (Å²) in [6, 6.07) is 11.2. The van der Waals surface area contributed by atoms with Crippen LogP contribution in [0.3, 0.4) is 0 Å². The summed E-state index contributed by atoms with van der Waals surface area (Å²) in [7, 11) is -2.16. The maximum absolute atomic E-state index is 13.5. The summed E-state index contributed by atoms with van der Waals surface area (Å²) in [5, 5.41) is 3.79. The van der Waals surface area contributed by atoms with Gasteiger partial charge in [-0.25, -0.2) is 8.42 Å². The van der Waals surface area contributed by atoms with Crippen molar-refractivity contribution in [2.24, 2.45) is 0 Å². The van der Waals surface area contributed by atoms with Crippen LogP contribution in [0.15, 0.2) is 42.5 Å². The van der Waals surface area contributed by atoms with Gasteiger partial charge in [-0.1, -0.05) is 55.6 Å². The third-order valence-electron chi connectivity index (χ3n) is 6.06. The van der Waals surface area contributed by atoms with Gasteiger partial charge in [-0.15, -0.1) is 0 Å².